The van der Waals surface area contributed by atoms with Crippen molar-refractivity contribution >= 4 is 57.4 Å². The molecule has 168 valence electrons. The number of nitrogens with zero attached hydrogens (tertiary/aromatic N) is 5. The molecule has 0 aliphatic carbocycles. The number of piperazine rings is 1. The maximum atomic E-state index is 13.5. The van der Waals surface area contributed by atoms with Gasteiger partial charge in [-0.1, -0.05) is 48.2 Å². The predicted octanol–water partition coefficient (Wildman–Crippen LogP) is 3.24. The number of pyridine rings is 1. The van der Waals surface area contributed by atoms with E-state index in [-0.39, 0.29) is 11.5 Å². The number of para-hydroxylation sites is 1. The first-order valence-corrected chi connectivity index (χ1v) is 12.1. The van der Waals surface area contributed by atoms with Crippen LogP contribution in [0.25, 0.3) is 11.7 Å². The van der Waals surface area contributed by atoms with Gasteiger partial charge in [-0.25, -0.2) is 4.98 Å². The molecule has 0 saturated carbocycles. The summed E-state index contributed by atoms with van der Waals surface area (Å²) in [6, 6.07) is 15.8. The zero-order valence-corrected chi connectivity index (χ0v) is 19.8. The molecule has 2 aromatic heterocycles. The van der Waals surface area contributed by atoms with Gasteiger partial charge in [0.05, 0.1) is 10.5 Å². The number of likely N-dealkylation sites (N-methyl/N-ethyl adjacent to an activating group) is 1. The Hall–Kier alpha value is -3.17. The van der Waals surface area contributed by atoms with E-state index in [0.29, 0.717) is 32.8 Å². The van der Waals surface area contributed by atoms with E-state index in [4.69, 9.17) is 17.2 Å². The molecule has 0 atom stereocenters. The number of thiocarbonyl (C=S) groups is 1. The van der Waals surface area contributed by atoms with Gasteiger partial charge in [0.2, 0.25) is 0 Å². The number of benzene rings is 1. The number of thioether (sulfide) groups is 1. The van der Waals surface area contributed by atoms with Crippen LogP contribution in [0.3, 0.4) is 0 Å². The Balaban J connectivity index is 1.54. The minimum absolute atomic E-state index is 0.162. The lowest BCUT2D eigenvalue weighted by Gasteiger charge is -2.37. The Kier molecular flexibility index (Phi) is 5.90. The van der Waals surface area contributed by atoms with Crippen LogP contribution >= 0.6 is 24.0 Å². The minimum atomic E-state index is -0.192. The molecule has 4 heterocycles. The third kappa shape index (κ3) is 4.02. The fourth-order valence-corrected chi connectivity index (χ4v) is 5.54. The summed E-state index contributed by atoms with van der Waals surface area (Å²) in [5.41, 5.74) is 2.00. The average Bonchev–Trinajstić information content (AvgIpc) is 3.13. The number of amides is 1. The Morgan fingerprint density at radius 3 is 2.39 bits per heavy atom. The standard InChI is InChI=1S/C24H23N5O2S2/c1-2-28-23(31)19(33-24(28)32)16-18-21(25-20-10-6-7-11-29(20)22(18)30)27-14-12-26(13-15-27)17-8-4-3-5-9-17/h3-11,16H,2,12-15H2,1H3. The number of rotatable bonds is 4. The number of hydrogen-bond donors (Lipinski definition) is 0. The van der Waals surface area contributed by atoms with E-state index < -0.39 is 0 Å². The molecule has 1 amide bonds. The van der Waals surface area contributed by atoms with Crippen molar-refractivity contribution < 1.29 is 4.79 Å². The van der Waals surface area contributed by atoms with Crippen LogP contribution in [0.15, 0.2) is 64.4 Å². The SMILES string of the molecule is CCN1C(=O)C(=Cc2c(N3CCN(c4ccccc4)CC3)nc3ccccn3c2=O)SC1=S. The Morgan fingerprint density at radius 1 is 1.00 bits per heavy atom. The Labute approximate surface area is 201 Å². The van der Waals surface area contributed by atoms with Crippen LogP contribution in [0.4, 0.5) is 11.5 Å². The highest BCUT2D eigenvalue weighted by Crippen LogP contribution is 2.33. The van der Waals surface area contributed by atoms with Crippen LogP contribution in [-0.4, -0.2) is 57.2 Å². The van der Waals surface area contributed by atoms with Crippen molar-refractivity contribution in [1.82, 2.24) is 14.3 Å². The van der Waals surface area contributed by atoms with Gasteiger partial charge in [-0.3, -0.25) is 18.9 Å². The summed E-state index contributed by atoms with van der Waals surface area (Å²) in [4.78, 5) is 37.6. The Morgan fingerprint density at radius 2 is 1.70 bits per heavy atom. The monoisotopic (exact) mass is 477 g/mol. The van der Waals surface area contributed by atoms with Gasteiger partial charge in [0.15, 0.2) is 0 Å². The first-order valence-electron chi connectivity index (χ1n) is 10.9. The number of hydrogen-bond acceptors (Lipinski definition) is 7. The smallest absolute Gasteiger partial charge is 0.267 e. The van der Waals surface area contributed by atoms with Crippen molar-refractivity contribution in [2.24, 2.45) is 0 Å². The Bertz CT molecular complexity index is 1310. The summed E-state index contributed by atoms with van der Waals surface area (Å²) in [6.45, 7) is 5.47. The summed E-state index contributed by atoms with van der Waals surface area (Å²) in [5, 5.41) is 0. The van der Waals surface area contributed by atoms with Gasteiger partial charge in [-0.05, 0) is 37.3 Å². The summed E-state index contributed by atoms with van der Waals surface area (Å²) < 4.78 is 2.04. The molecule has 5 rings (SSSR count). The molecule has 9 heteroatoms. The van der Waals surface area contributed by atoms with E-state index in [2.05, 4.69) is 21.9 Å². The van der Waals surface area contributed by atoms with Crippen LogP contribution in [0, 0.1) is 0 Å². The summed E-state index contributed by atoms with van der Waals surface area (Å²) >= 11 is 6.58. The molecule has 0 unspecified atom stereocenters. The van der Waals surface area contributed by atoms with Gasteiger partial charge in [-0.15, -0.1) is 0 Å². The van der Waals surface area contributed by atoms with E-state index in [9.17, 15) is 9.59 Å². The van der Waals surface area contributed by atoms with Crippen molar-refractivity contribution in [1.29, 1.82) is 0 Å². The first-order chi connectivity index (χ1) is 16.1. The quantitative estimate of drug-likeness (QED) is 0.422. The summed E-state index contributed by atoms with van der Waals surface area (Å²) in [5.74, 6) is 0.450. The highest BCUT2D eigenvalue weighted by Gasteiger charge is 2.32. The predicted molar refractivity (Wildman–Crippen MR) is 138 cm³/mol. The van der Waals surface area contributed by atoms with Crippen LogP contribution in [-0.2, 0) is 4.79 Å². The number of carbonyl (C=O) groups excluding carboxylic acids is 1. The fourth-order valence-electron chi connectivity index (χ4n) is 4.18. The van der Waals surface area contributed by atoms with Gasteiger partial charge < -0.3 is 9.80 Å². The third-order valence-corrected chi connectivity index (χ3v) is 7.29. The van der Waals surface area contributed by atoms with Crippen LogP contribution in [0.2, 0.25) is 0 Å². The highest BCUT2D eigenvalue weighted by atomic mass is 32.2. The number of fused-ring (bicyclic) bond motifs is 1. The van der Waals surface area contributed by atoms with E-state index in [0.717, 1.165) is 26.2 Å². The molecule has 1 aromatic carbocycles. The van der Waals surface area contributed by atoms with Crippen LogP contribution < -0.4 is 15.4 Å². The minimum Gasteiger partial charge on any atom is -0.368 e. The van der Waals surface area contributed by atoms with Crippen molar-refractivity contribution in [3.8, 4) is 0 Å². The van der Waals surface area contributed by atoms with Crippen LogP contribution in [0.1, 0.15) is 12.5 Å². The van der Waals surface area contributed by atoms with Gasteiger partial charge >= 0.3 is 0 Å². The van der Waals surface area contributed by atoms with E-state index in [1.807, 2.05) is 37.3 Å². The molecule has 0 radical (unpaired) electrons. The normalized spacial score (nSPS) is 18.1. The lowest BCUT2D eigenvalue weighted by Crippen LogP contribution is -2.47. The van der Waals surface area contributed by atoms with E-state index in [1.54, 1.807) is 23.2 Å². The van der Waals surface area contributed by atoms with Crippen molar-refractivity contribution in [3.63, 3.8) is 0 Å². The second-order valence-electron chi connectivity index (χ2n) is 7.82. The van der Waals surface area contributed by atoms with E-state index >= 15 is 0 Å². The first kappa shape index (κ1) is 21.7. The number of aromatic nitrogens is 2. The lowest BCUT2D eigenvalue weighted by molar-refractivity contribution is -0.121. The molecule has 0 bridgehead atoms. The molecular weight excluding hydrogens is 454 g/mol. The average molecular weight is 478 g/mol. The number of carbonyl (C=O) groups is 1. The second kappa shape index (κ2) is 8.99. The molecule has 2 fully saturated rings. The molecule has 0 N–H and O–H groups in total. The van der Waals surface area contributed by atoms with Crippen molar-refractivity contribution in [2.45, 2.75) is 6.92 Å². The molecule has 7 nitrogen and oxygen atoms in total. The van der Waals surface area contributed by atoms with Crippen molar-refractivity contribution in [3.05, 3.63) is 75.6 Å². The van der Waals surface area contributed by atoms with E-state index in [1.165, 1.54) is 21.8 Å². The molecule has 33 heavy (non-hydrogen) atoms. The van der Waals surface area contributed by atoms with Gasteiger partial charge in [0, 0.05) is 44.6 Å². The third-order valence-electron chi connectivity index (χ3n) is 5.91. The fraction of sp³-hybridized carbons (Fsp3) is 0.250. The maximum Gasteiger partial charge on any atom is 0.267 e. The maximum absolute atomic E-state index is 13.5. The topological polar surface area (TPSA) is 61.2 Å². The summed E-state index contributed by atoms with van der Waals surface area (Å²) in [6.07, 6.45) is 3.37. The zero-order chi connectivity index (χ0) is 22.9. The highest BCUT2D eigenvalue weighted by molar-refractivity contribution is 8.26. The molecule has 0 spiro atoms. The molecule has 2 aliphatic heterocycles. The van der Waals surface area contributed by atoms with Gasteiger partial charge in [-0.2, -0.15) is 0 Å². The molecule has 2 aliphatic rings. The number of anilines is 2. The summed E-state index contributed by atoms with van der Waals surface area (Å²) in [7, 11) is 0. The van der Waals surface area contributed by atoms with Gasteiger partial charge in [0.1, 0.15) is 15.8 Å². The van der Waals surface area contributed by atoms with Crippen molar-refractivity contribution in [2.75, 3.05) is 42.5 Å². The van der Waals surface area contributed by atoms with Crippen LogP contribution in [0.5, 0.6) is 0 Å². The second-order valence-corrected chi connectivity index (χ2v) is 9.49. The zero-order valence-electron chi connectivity index (χ0n) is 18.2. The van der Waals surface area contributed by atoms with Gasteiger partial charge in [0.25, 0.3) is 11.5 Å². The molecular formula is C24H23N5O2S2. The molecule has 3 aromatic rings. The molecule has 2 saturated heterocycles. The lowest BCUT2D eigenvalue weighted by atomic mass is 10.2. The largest absolute Gasteiger partial charge is 0.368 e.